The Labute approximate surface area is 131 Å². The Hall–Kier alpha value is -2.10. The van der Waals surface area contributed by atoms with Gasteiger partial charge in [0.05, 0.1) is 15.7 Å². The maximum absolute atomic E-state index is 11.9. The Morgan fingerprint density at radius 1 is 0.857 bits per heavy atom. The number of hydrogen-bond acceptors (Lipinski definition) is 2. The van der Waals surface area contributed by atoms with Crippen LogP contribution in [0.25, 0.3) is 22.6 Å². The Morgan fingerprint density at radius 2 is 1.62 bits per heavy atom. The standard InChI is InChI=1S/C16H10Cl2N2O/c17-12-7-6-11(8-13(12)18)14-9-15(21)20-16(19-14)10-4-2-1-3-5-10/h1-9H,(H,19,20,21). The molecule has 0 spiro atoms. The molecule has 3 nitrogen and oxygen atoms in total. The van der Waals surface area contributed by atoms with E-state index in [0.717, 1.165) is 11.1 Å². The summed E-state index contributed by atoms with van der Waals surface area (Å²) in [5.41, 5.74) is 1.92. The quantitative estimate of drug-likeness (QED) is 0.761. The molecule has 0 aliphatic carbocycles. The first kappa shape index (κ1) is 13.9. The first-order valence-electron chi connectivity index (χ1n) is 6.26. The predicted molar refractivity (Wildman–Crippen MR) is 85.7 cm³/mol. The monoisotopic (exact) mass is 316 g/mol. The average molecular weight is 317 g/mol. The molecule has 0 saturated carbocycles. The normalized spacial score (nSPS) is 10.6. The van der Waals surface area contributed by atoms with Gasteiger partial charge in [-0.2, -0.15) is 0 Å². The molecule has 0 amide bonds. The fraction of sp³-hybridized carbons (Fsp3) is 0. The van der Waals surface area contributed by atoms with Crippen LogP contribution in [0.15, 0.2) is 59.4 Å². The highest BCUT2D eigenvalue weighted by Crippen LogP contribution is 2.27. The van der Waals surface area contributed by atoms with Crippen LogP contribution in [0.1, 0.15) is 0 Å². The van der Waals surface area contributed by atoms with E-state index in [9.17, 15) is 4.79 Å². The molecule has 3 aromatic rings. The van der Waals surface area contributed by atoms with Gasteiger partial charge in [0.15, 0.2) is 0 Å². The summed E-state index contributed by atoms with van der Waals surface area (Å²) in [4.78, 5) is 19.1. The van der Waals surface area contributed by atoms with Crippen LogP contribution >= 0.6 is 23.2 Å². The zero-order valence-corrected chi connectivity index (χ0v) is 12.3. The number of nitrogens with zero attached hydrogens (tertiary/aromatic N) is 1. The Morgan fingerprint density at radius 3 is 2.33 bits per heavy atom. The summed E-state index contributed by atoms with van der Waals surface area (Å²) in [6, 6.07) is 16.1. The van der Waals surface area contributed by atoms with E-state index in [1.54, 1.807) is 18.2 Å². The molecule has 1 heterocycles. The molecular weight excluding hydrogens is 307 g/mol. The van der Waals surface area contributed by atoms with E-state index in [-0.39, 0.29) is 5.56 Å². The topological polar surface area (TPSA) is 45.8 Å². The molecule has 3 rings (SSSR count). The third-order valence-corrected chi connectivity index (χ3v) is 3.74. The molecule has 0 bridgehead atoms. The van der Waals surface area contributed by atoms with E-state index in [1.807, 2.05) is 30.3 Å². The van der Waals surface area contributed by atoms with Crippen LogP contribution in [0.5, 0.6) is 0 Å². The van der Waals surface area contributed by atoms with Crippen molar-refractivity contribution < 1.29 is 0 Å². The van der Waals surface area contributed by atoms with Crippen molar-refractivity contribution in [1.82, 2.24) is 9.97 Å². The summed E-state index contributed by atoms with van der Waals surface area (Å²) in [5, 5.41) is 0.894. The number of H-pyrrole nitrogens is 1. The van der Waals surface area contributed by atoms with Crippen LogP contribution in [-0.2, 0) is 0 Å². The predicted octanol–water partition coefficient (Wildman–Crippen LogP) is 4.41. The van der Waals surface area contributed by atoms with Crippen LogP contribution < -0.4 is 5.56 Å². The van der Waals surface area contributed by atoms with Crippen molar-refractivity contribution in [3.05, 3.63) is 75.0 Å². The molecule has 0 unspecified atom stereocenters. The van der Waals surface area contributed by atoms with Crippen LogP contribution in [0.3, 0.4) is 0 Å². The maximum atomic E-state index is 11.9. The SMILES string of the molecule is O=c1cc(-c2ccc(Cl)c(Cl)c2)nc(-c2ccccc2)[nH]1. The van der Waals surface area contributed by atoms with E-state index in [4.69, 9.17) is 23.2 Å². The zero-order chi connectivity index (χ0) is 14.8. The minimum atomic E-state index is -0.218. The molecule has 21 heavy (non-hydrogen) atoms. The van der Waals surface area contributed by atoms with E-state index in [0.29, 0.717) is 21.6 Å². The van der Waals surface area contributed by atoms with Crippen molar-refractivity contribution in [2.24, 2.45) is 0 Å². The number of halogens is 2. The van der Waals surface area contributed by atoms with Gasteiger partial charge in [0.2, 0.25) is 0 Å². The smallest absolute Gasteiger partial charge is 0.251 e. The molecule has 1 N–H and O–H groups in total. The summed E-state index contributed by atoms with van der Waals surface area (Å²) in [6.45, 7) is 0. The van der Waals surface area contributed by atoms with Gasteiger partial charge in [0.1, 0.15) is 5.82 Å². The van der Waals surface area contributed by atoms with Gasteiger partial charge in [-0.3, -0.25) is 4.79 Å². The van der Waals surface area contributed by atoms with Gasteiger partial charge in [-0.05, 0) is 12.1 Å². The molecule has 0 fully saturated rings. The molecule has 0 atom stereocenters. The van der Waals surface area contributed by atoms with Crippen molar-refractivity contribution >= 4 is 23.2 Å². The van der Waals surface area contributed by atoms with Gasteiger partial charge in [-0.25, -0.2) is 4.98 Å². The van der Waals surface area contributed by atoms with Crippen molar-refractivity contribution in [2.75, 3.05) is 0 Å². The van der Waals surface area contributed by atoms with Gasteiger partial charge in [-0.15, -0.1) is 0 Å². The molecular formula is C16H10Cl2N2O. The van der Waals surface area contributed by atoms with Gasteiger partial charge < -0.3 is 4.98 Å². The van der Waals surface area contributed by atoms with Gasteiger partial charge in [0.25, 0.3) is 5.56 Å². The minimum Gasteiger partial charge on any atom is -0.306 e. The fourth-order valence-electron chi connectivity index (χ4n) is 1.99. The number of hydrogen-bond donors (Lipinski definition) is 1. The second-order valence-electron chi connectivity index (χ2n) is 4.47. The highest BCUT2D eigenvalue weighted by atomic mass is 35.5. The fourth-order valence-corrected chi connectivity index (χ4v) is 2.29. The van der Waals surface area contributed by atoms with Gasteiger partial charge in [-0.1, -0.05) is 59.6 Å². The van der Waals surface area contributed by atoms with E-state index >= 15 is 0 Å². The molecule has 0 saturated heterocycles. The largest absolute Gasteiger partial charge is 0.306 e. The first-order valence-corrected chi connectivity index (χ1v) is 7.01. The van der Waals surface area contributed by atoms with Crippen molar-refractivity contribution in [1.29, 1.82) is 0 Å². The summed E-state index contributed by atoms with van der Waals surface area (Å²) >= 11 is 11.9. The van der Waals surface area contributed by atoms with Gasteiger partial charge >= 0.3 is 0 Å². The molecule has 5 heteroatoms. The van der Waals surface area contributed by atoms with Crippen molar-refractivity contribution in [3.63, 3.8) is 0 Å². The van der Waals surface area contributed by atoms with Crippen LogP contribution in [0.4, 0.5) is 0 Å². The number of rotatable bonds is 2. The highest BCUT2D eigenvalue weighted by Gasteiger charge is 2.07. The molecule has 1 aromatic heterocycles. The maximum Gasteiger partial charge on any atom is 0.251 e. The third kappa shape index (κ3) is 2.99. The number of nitrogens with one attached hydrogen (secondary N) is 1. The lowest BCUT2D eigenvalue weighted by Gasteiger charge is -2.06. The second kappa shape index (κ2) is 5.72. The zero-order valence-electron chi connectivity index (χ0n) is 10.8. The summed E-state index contributed by atoms with van der Waals surface area (Å²) in [7, 11) is 0. The molecule has 104 valence electrons. The lowest BCUT2D eigenvalue weighted by Crippen LogP contribution is -2.08. The van der Waals surface area contributed by atoms with E-state index in [1.165, 1.54) is 6.07 Å². The van der Waals surface area contributed by atoms with Crippen molar-refractivity contribution in [3.8, 4) is 22.6 Å². The summed E-state index contributed by atoms with van der Waals surface area (Å²) in [6.07, 6.45) is 0. The molecule has 2 aromatic carbocycles. The van der Waals surface area contributed by atoms with Crippen LogP contribution in [0, 0.1) is 0 Å². The lowest BCUT2D eigenvalue weighted by molar-refractivity contribution is 1.13. The molecule has 0 aliphatic rings. The number of aromatic amines is 1. The Bertz CT molecular complexity index is 844. The second-order valence-corrected chi connectivity index (χ2v) is 5.29. The minimum absolute atomic E-state index is 0.218. The molecule has 0 radical (unpaired) electrons. The van der Waals surface area contributed by atoms with Crippen molar-refractivity contribution in [2.45, 2.75) is 0 Å². The third-order valence-electron chi connectivity index (χ3n) is 3.00. The summed E-state index contributed by atoms with van der Waals surface area (Å²) in [5.74, 6) is 0.518. The highest BCUT2D eigenvalue weighted by molar-refractivity contribution is 6.42. The Kier molecular flexibility index (Phi) is 3.78. The summed E-state index contributed by atoms with van der Waals surface area (Å²) < 4.78 is 0. The number of aromatic nitrogens is 2. The number of benzene rings is 2. The average Bonchev–Trinajstić information content (AvgIpc) is 2.50. The van der Waals surface area contributed by atoms with Crippen LogP contribution in [-0.4, -0.2) is 9.97 Å². The lowest BCUT2D eigenvalue weighted by atomic mass is 10.1. The van der Waals surface area contributed by atoms with E-state index in [2.05, 4.69) is 9.97 Å². The molecule has 0 aliphatic heterocycles. The van der Waals surface area contributed by atoms with E-state index < -0.39 is 0 Å². The first-order chi connectivity index (χ1) is 10.1. The Balaban J connectivity index is 2.14. The van der Waals surface area contributed by atoms with Crippen LogP contribution in [0.2, 0.25) is 10.0 Å². The van der Waals surface area contributed by atoms with Gasteiger partial charge in [0, 0.05) is 17.2 Å².